The number of carbonyl (C=O) groups is 1. The molecular weight excluding hydrogens is 280 g/mol. The van der Waals surface area contributed by atoms with Crippen LogP contribution in [0.4, 0.5) is 5.69 Å². The van der Waals surface area contributed by atoms with Gasteiger partial charge >= 0.3 is 0 Å². The summed E-state index contributed by atoms with van der Waals surface area (Å²) in [6.45, 7) is 2.01. The smallest absolute Gasteiger partial charge is 0.248 e. The van der Waals surface area contributed by atoms with Gasteiger partial charge in [0.1, 0.15) is 6.61 Å². The topological polar surface area (TPSA) is 77.9 Å². The van der Waals surface area contributed by atoms with Crippen molar-refractivity contribution in [3.05, 3.63) is 24.3 Å². The van der Waals surface area contributed by atoms with Gasteiger partial charge in [-0.3, -0.25) is 4.79 Å². The first-order valence-corrected chi connectivity index (χ1v) is 8.24. The van der Waals surface area contributed by atoms with Crippen molar-refractivity contribution < 1.29 is 18.3 Å². The van der Waals surface area contributed by atoms with E-state index >= 15 is 0 Å². The predicted molar refractivity (Wildman–Crippen MR) is 75.4 cm³/mol. The minimum atomic E-state index is -3.17. The van der Waals surface area contributed by atoms with Gasteiger partial charge in [0.05, 0.1) is 4.90 Å². The summed E-state index contributed by atoms with van der Waals surface area (Å²) >= 11 is 0. The van der Waals surface area contributed by atoms with Crippen molar-refractivity contribution in [2.24, 2.45) is 0 Å². The van der Waals surface area contributed by atoms with Gasteiger partial charge in [0.2, 0.25) is 5.91 Å². The molecule has 0 atom stereocenters. The Labute approximate surface area is 118 Å². The van der Waals surface area contributed by atoms with Gasteiger partial charge in [-0.15, -0.1) is 0 Å². The second-order valence-electron chi connectivity index (χ2n) is 4.79. The molecule has 1 fully saturated rings. The molecule has 0 saturated carbocycles. The van der Waals surface area contributed by atoms with E-state index in [0.29, 0.717) is 31.1 Å². The minimum absolute atomic E-state index is 0.253. The Morgan fingerprint density at radius 2 is 1.70 bits per heavy atom. The van der Waals surface area contributed by atoms with Crippen molar-refractivity contribution >= 4 is 21.4 Å². The van der Waals surface area contributed by atoms with Crippen LogP contribution >= 0.6 is 0 Å². The molecular formula is C13H18N2O4S. The van der Waals surface area contributed by atoms with E-state index in [1.165, 1.54) is 6.26 Å². The maximum atomic E-state index is 11.4. The van der Waals surface area contributed by atoms with E-state index in [9.17, 15) is 13.2 Å². The van der Waals surface area contributed by atoms with Crippen LogP contribution in [0.3, 0.4) is 0 Å². The van der Waals surface area contributed by atoms with E-state index < -0.39 is 16.4 Å². The van der Waals surface area contributed by atoms with Crippen LogP contribution in [0.15, 0.2) is 29.2 Å². The number of aliphatic hydroxyl groups is 1. The molecule has 110 valence electrons. The third kappa shape index (κ3) is 3.29. The van der Waals surface area contributed by atoms with Crippen LogP contribution in [0, 0.1) is 0 Å². The number of aliphatic hydroxyl groups excluding tert-OH is 1. The van der Waals surface area contributed by atoms with Crippen molar-refractivity contribution in [1.82, 2.24) is 4.90 Å². The van der Waals surface area contributed by atoms with Gasteiger partial charge in [0, 0.05) is 38.1 Å². The fourth-order valence-corrected chi connectivity index (χ4v) is 2.85. The van der Waals surface area contributed by atoms with Crippen LogP contribution in [0.5, 0.6) is 0 Å². The summed E-state index contributed by atoms with van der Waals surface area (Å²) in [5.74, 6) is -0.253. The molecule has 1 saturated heterocycles. The summed E-state index contributed by atoms with van der Waals surface area (Å²) in [5, 5.41) is 8.82. The number of hydrogen-bond donors (Lipinski definition) is 1. The molecule has 0 aromatic heterocycles. The molecule has 1 aromatic carbocycles. The fraction of sp³-hybridized carbons (Fsp3) is 0.462. The lowest BCUT2D eigenvalue weighted by molar-refractivity contribution is -0.134. The maximum Gasteiger partial charge on any atom is 0.248 e. The first kappa shape index (κ1) is 14.8. The quantitative estimate of drug-likeness (QED) is 0.831. The average molecular weight is 298 g/mol. The van der Waals surface area contributed by atoms with Crippen molar-refractivity contribution in [1.29, 1.82) is 0 Å². The molecule has 1 N–H and O–H groups in total. The second-order valence-corrected chi connectivity index (χ2v) is 6.81. The molecule has 1 heterocycles. The molecule has 0 spiro atoms. The van der Waals surface area contributed by atoms with E-state index in [0.717, 1.165) is 5.69 Å². The number of amides is 1. The maximum absolute atomic E-state index is 11.4. The lowest BCUT2D eigenvalue weighted by Gasteiger charge is -2.35. The van der Waals surface area contributed by atoms with Crippen LogP contribution in [0.2, 0.25) is 0 Å². The van der Waals surface area contributed by atoms with Gasteiger partial charge in [0.15, 0.2) is 9.84 Å². The molecule has 1 aliphatic rings. The SMILES string of the molecule is CS(=O)(=O)c1ccc(N2CCN(C(=O)CO)CC2)cc1. The van der Waals surface area contributed by atoms with E-state index in [1.807, 2.05) is 0 Å². The Balaban J connectivity index is 2.02. The zero-order valence-electron chi connectivity index (χ0n) is 11.3. The number of carbonyl (C=O) groups excluding carboxylic acids is 1. The summed E-state index contributed by atoms with van der Waals surface area (Å²) < 4.78 is 22.8. The summed E-state index contributed by atoms with van der Waals surface area (Å²) in [4.78, 5) is 15.4. The lowest BCUT2D eigenvalue weighted by Crippen LogP contribution is -2.49. The van der Waals surface area contributed by atoms with Crippen molar-refractivity contribution in [3.63, 3.8) is 0 Å². The molecule has 1 aliphatic heterocycles. The second kappa shape index (κ2) is 5.80. The average Bonchev–Trinajstić information content (AvgIpc) is 2.46. The summed E-state index contributed by atoms with van der Waals surface area (Å²) in [5.41, 5.74) is 0.938. The minimum Gasteiger partial charge on any atom is -0.387 e. The largest absolute Gasteiger partial charge is 0.387 e. The normalized spacial score (nSPS) is 16.3. The highest BCUT2D eigenvalue weighted by Crippen LogP contribution is 2.19. The lowest BCUT2D eigenvalue weighted by atomic mass is 10.2. The highest BCUT2D eigenvalue weighted by atomic mass is 32.2. The molecule has 20 heavy (non-hydrogen) atoms. The monoisotopic (exact) mass is 298 g/mol. The molecule has 1 aromatic rings. The van der Waals surface area contributed by atoms with Crippen LogP contribution in [0.1, 0.15) is 0 Å². The zero-order chi connectivity index (χ0) is 14.8. The number of benzene rings is 1. The fourth-order valence-electron chi connectivity index (χ4n) is 2.22. The van der Waals surface area contributed by atoms with Gasteiger partial charge in [-0.05, 0) is 24.3 Å². The first-order chi connectivity index (χ1) is 9.41. The molecule has 0 radical (unpaired) electrons. The molecule has 6 nitrogen and oxygen atoms in total. The molecule has 7 heteroatoms. The number of hydrogen-bond acceptors (Lipinski definition) is 5. The first-order valence-electron chi connectivity index (χ1n) is 6.35. The molecule has 0 bridgehead atoms. The standard InChI is InChI=1S/C13H18N2O4S/c1-20(18,19)12-4-2-11(3-5-12)14-6-8-15(9-7-14)13(17)10-16/h2-5,16H,6-10H2,1H3. The van der Waals surface area contributed by atoms with Crippen LogP contribution < -0.4 is 4.90 Å². The van der Waals surface area contributed by atoms with E-state index in [-0.39, 0.29) is 5.91 Å². The molecule has 0 aliphatic carbocycles. The third-order valence-electron chi connectivity index (χ3n) is 3.40. The number of rotatable bonds is 3. The summed E-state index contributed by atoms with van der Waals surface area (Å²) in [6.07, 6.45) is 1.18. The van der Waals surface area contributed by atoms with Gasteiger partial charge in [0.25, 0.3) is 0 Å². The Morgan fingerprint density at radius 1 is 1.15 bits per heavy atom. The van der Waals surface area contributed by atoms with Gasteiger partial charge in [-0.25, -0.2) is 8.42 Å². The number of anilines is 1. The highest BCUT2D eigenvalue weighted by Gasteiger charge is 2.20. The van der Waals surface area contributed by atoms with Crippen molar-refractivity contribution in [3.8, 4) is 0 Å². The van der Waals surface area contributed by atoms with Crippen molar-refractivity contribution in [2.45, 2.75) is 4.90 Å². The molecule has 0 unspecified atom stereocenters. The van der Waals surface area contributed by atoms with E-state index in [1.54, 1.807) is 29.2 Å². The van der Waals surface area contributed by atoms with Gasteiger partial charge in [-0.1, -0.05) is 0 Å². The third-order valence-corrected chi connectivity index (χ3v) is 4.53. The predicted octanol–water partition coefficient (Wildman–Crippen LogP) is -0.269. The Bertz CT molecular complexity index is 575. The number of piperazine rings is 1. The zero-order valence-corrected chi connectivity index (χ0v) is 12.1. The highest BCUT2D eigenvalue weighted by molar-refractivity contribution is 7.90. The van der Waals surface area contributed by atoms with Crippen LogP contribution in [0.25, 0.3) is 0 Å². The Hall–Kier alpha value is -1.60. The van der Waals surface area contributed by atoms with E-state index in [2.05, 4.69) is 4.90 Å². The van der Waals surface area contributed by atoms with E-state index in [4.69, 9.17) is 5.11 Å². The molecule has 2 rings (SSSR count). The van der Waals surface area contributed by atoms with Crippen molar-refractivity contribution in [2.75, 3.05) is 43.9 Å². The van der Waals surface area contributed by atoms with Crippen LogP contribution in [-0.4, -0.2) is 63.4 Å². The van der Waals surface area contributed by atoms with Gasteiger partial charge in [-0.2, -0.15) is 0 Å². The molecule has 1 amide bonds. The number of sulfone groups is 1. The Kier molecular flexibility index (Phi) is 4.29. The number of nitrogens with zero attached hydrogens (tertiary/aromatic N) is 2. The van der Waals surface area contributed by atoms with Crippen LogP contribution in [-0.2, 0) is 14.6 Å². The Morgan fingerprint density at radius 3 is 2.15 bits per heavy atom. The summed E-state index contributed by atoms with van der Waals surface area (Å²) in [6, 6.07) is 6.74. The summed E-state index contributed by atoms with van der Waals surface area (Å²) in [7, 11) is -3.17. The van der Waals surface area contributed by atoms with Gasteiger partial charge < -0.3 is 14.9 Å².